The van der Waals surface area contributed by atoms with E-state index < -0.39 is 18.1 Å². The lowest BCUT2D eigenvalue weighted by atomic mass is 9.98. The summed E-state index contributed by atoms with van der Waals surface area (Å²) in [7, 11) is 0. The predicted molar refractivity (Wildman–Crippen MR) is 115 cm³/mol. The van der Waals surface area contributed by atoms with Crippen molar-refractivity contribution in [3.8, 4) is 11.1 Å². The highest BCUT2D eigenvalue weighted by atomic mass is 16.5. The Kier molecular flexibility index (Phi) is 5.93. The summed E-state index contributed by atoms with van der Waals surface area (Å²) in [5, 5.41) is 14.3. The molecule has 1 saturated carbocycles. The molecule has 2 amide bonds. The minimum Gasteiger partial charge on any atom is -0.481 e. The fraction of sp³-hybridized carbons (Fsp3) is 0.375. The van der Waals surface area contributed by atoms with Crippen molar-refractivity contribution in [3.05, 3.63) is 59.7 Å². The van der Waals surface area contributed by atoms with Gasteiger partial charge in [0.05, 0.1) is 5.92 Å². The van der Waals surface area contributed by atoms with E-state index in [0.717, 1.165) is 22.3 Å². The van der Waals surface area contributed by atoms with Crippen molar-refractivity contribution in [3.63, 3.8) is 0 Å². The van der Waals surface area contributed by atoms with Crippen molar-refractivity contribution in [1.29, 1.82) is 0 Å². The smallest absolute Gasteiger partial charge is 0.407 e. The minimum absolute atomic E-state index is 0.00634. The summed E-state index contributed by atoms with van der Waals surface area (Å²) in [4.78, 5) is 35.1. The Bertz CT molecular complexity index is 959. The van der Waals surface area contributed by atoms with E-state index >= 15 is 0 Å². The van der Waals surface area contributed by atoms with E-state index in [4.69, 9.17) is 9.84 Å². The standard InChI is InChI=1S/C24H26N2O5/c1-14(10-22(27)25-12-15-11-20(15)23(28)29)26-24(30)31-13-21-18-8-4-2-6-16(18)17-7-3-5-9-19(17)21/h2-9,14-15,20-21H,10-13H2,1H3,(H,25,27)(H,26,30)(H,28,29)/t14?,15-,20-/m0/s1. The van der Waals surface area contributed by atoms with Crippen LogP contribution in [-0.2, 0) is 14.3 Å². The first-order valence-electron chi connectivity index (χ1n) is 10.5. The van der Waals surface area contributed by atoms with E-state index in [1.807, 2.05) is 24.3 Å². The van der Waals surface area contributed by atoms with Gasteiger partial charge in [-0.2, -0.15) is 0 Å². The van der Waals surface area contributed by atoms with Crippen LogP contribution in [0.15, 0.2) is 48.5 Å². The highest BCUT2D eigenvalue weighted by molar-refractivity contribution is 5.80. The number of carboxylic acids is 1. The van der Waals surface area contributed by atoms with Gasteiger partial charge in [-0.1, -0.05) is 48.5 Å². The lowest BCUT2D eigenvalue weighted by Crippen LogP contribution is -2.38. The summed E-state index contributed by atoms with van der Waals surface area (Å²) in [6.07, 6.45) is 0.146. The predicted octanol–water partition coefficient (Wildman–Crippen LogP) is 3.14. The molecular weight excluding hydrogens is 396 g/mol. The number of amides is 2. The zero-order chi connectivity index (χ0) is 22.0. The van der Waals surface area contributed by atoms with Crippen molar-refractivity contribution in [2.45, 2.75) is 31.7 Å². The van der Waals surface area contributed by atoms with Gasteiger partial charge in [-0.15, -0.1) is 0 Å². The van der Waals surface area contributed by atoms with Gasteiger partial charge in [0.1, 0.15) is 6.61 Å². The van der Waals surface area contributed by atoms with Crippen molar-refractivity contribution < 1.29 is 24.2 Å². The Morgan fingerprint density at radius 2 is 1.68 bits per heavy atom. The first-order valence-corrected chi connectivity index (χ1v) is 10.5. The molecule has 0 heterocycles. The van der Waals surface area contributed by atoms with Gasteiger partial charge >= 0.3 is 12.1 Å². The van der Waals surface area contributed by atoms with Crippen molar-refractivity contribution in [2.75, 3.05) is 13.2 Å². The van der Waals surface area contributed by atoms with Crippen LogP contribution in [0.5, 0.6) is 0 Å². The number of fused-ring (bicyclic) bond motifs is 3. The molecule has 0 aliphatic heterocycles. The lowest BCUT2D eigenvalue weighted by molar-refractivity contribution is -0.139. The van der Waals surface area contributed by atoms with Crippen LogP contribution in [0.3, 0.4) is 0 Å². The molecule has 0 bridgehead atoms. The van der Waals surface area contributed by atoms with Crippen molar-refractivity contribution in [1.82, 2.24) is 10.6 Å². The Morgan fingerprint density at radius 3 is 2.26 bits per heavy atom. The monoisotopic (exact) mass is 422 g/mol. The normalized spacial score (nSPS) is 19.6. The number of carbonyl (C=O) groups is 3. The van der Waals surface area contributed by atoms with Gasteiger partial charge in [0, 0.05) is 24.9 Å². The number of hydrogen-bond donors (Lipinski definition) is 3. The third-order valence-electron chi connectivity index (χ3n) is 6.00. The molecule has 3 atom stereocenters. The number of benzene rings is 2. The molecule has 3 N–H and O–H groups in total. The molecule has 2 aliphatic rings. The van der Waals surface area contributed by atoms with Crippen LogP contribution in [0.1, 0.15) is 36.8 Å². The molecule has 0 radical (unpaired) electrons. The fourth-order valence-corrected chi connectivity index (χ4v) is 4.26. The number of carbonyl (C=O) groups excluding carboxylic acids is 2. The van der Waals surface area contributed by atoms with Crippen LogP contribution in [0, 0.1) is 11.8 Å². The molecule has 2 aromatic carbocycles. The number of ether oxygens (including phenoxy) is 1. The molecule has 0 aromatic heterocycles. The number of carboxylic acid groups (broad SMARTS) is 1. The summed E-state index contributed by atoms with van der Waals surface area (Å²) in [5.41, 5.74) is 4.61. The van der Waals surface area contributed by atoms with Gasteiger partial charge < -0.3 is 20.5 Å². The average molecular weight is 422 g/mol. The fourth-order valence-electron chi connectivity index (χ4n) is 4.26. The van der Waals surface area contributed by atoms with E-state index in [-0.39, 0.29) is 36.7 Å². The van der Waals surface area contributed by atoms with Crippen molar-refractivity contribution in [2.24, 2.45) is 11.8 Å². The number of rotatable bonds is 8. The maximum absolute atomic E-state index is 12.3. The first kappa shape index (κ1) is 20.9. The molecule has 1 unspecified atom stereocenters. The Hall–Kier alpha value is -3.35. The summed E-state index contributed by atoms with van der Waals surface area (Å²) in [6.45, 7) is 2.31. The van der Waals surface area contributed by atoms with Crippen molar-refractivity contribution >= 4 is 18.0 Å². The number of aliphatic carboxylic acids is 1. The van der Waals surface area contributed by atoms with Gasteiger partial charge in [-0.3, -0.25) is 9.59 Å². The number of hydrogen-bond acceptors (Lipinski definition) is 4. The molecule has 0 spiro atoms. The Labute approximate surface area is 180 Å². The van der Waals surface area contributed by atoms with E-state index in [0.29, 0.717) is 13.0 Å². The zero-order valence-corrected chi connectivity index (χ0v) is 17.3. The largest absolute Gasteiger partial charge is 0.481 e. The van der Waals surface area contributed by atoms with Crippen LogP contribution in [-0.4, -0.2) is 42.3 Å². The summed E-state index contributed by atoms with van der Waals surface area (Å²) >= 11 is 0. The quantitative estimate of drug-likeness (QED) is 0.606. The maximum atomic E-state index is 12.3. The van der Waals surface area contributed by atoms with Crippen LogP contribution in [0.4, 0.5) is 4.79 Å². The molecule has 7 heteroatoms. The number of alkyl carbamates (subject to hydrolysis) is 1. The molecule has 2 aromatic rings. The Balaban J connectivity index is 1.24. The molecule has 2 aliphatic carbocycles. The third kappa shape index (κ3) is 4.71. The molecule has 162 valence electrons. The topological polar surface area (TPSA) is 105 Å². The highest BCUT2D eigenvalue weighted by Gasteiger charge is 2.43. The zero-order valence-electron chi connectivity index (χ0n) is 17.3. The second kappa shape index (κ2) is 8.79. The van der Waals surface area contributed by atoms with Gasteiger partial charge in [0.15, 0.2) is 0 Å². The molecule has 1 fully saturated rings. The van der Waals surface area contributed by atoms with E-state index in [2.05, 4.69) is 34.9 Å². The average Bonchev–Trinajstić information content (AvgIpc) is 3.46. The maximum Gasteiger partial charge on any atom is 0.407 e. The van der Waals surface area contributed by atoms with Gasteiger partial charge in [-0.25, -0.2) is 4.79 Å². The summed E-state index contributed by atoms with van der Waals surface area (Å²) < 4.78 is 5.49. The van der Waals surface area contributed by atoms with E-state index in [1.165, 1.54) is 0 Å². The molecule has 0 saturated heterocycles. The Morgan fingerprint density at radius 1 is 1.06 bits per heavy atom. The second-order valence-electron chi connectivity index (χ2n) is 8.32. The van der Waals surface area contributed by atoms with Crippen LogP contribution >= 0.6 is 0 Å². The lowest BCUT2D eigenvalue weighted by Gasteiger charge is -2.17. The van der Waals surface area contributed by atoms with Gasteiger partial charge in [0.25, 0.3) is 0 Å². The number of nitrogens with one attached hydrogen (secondary N) is 2. The first-order chi connectivity index (χ1) is 14.9. The molecule has 4 rings (SSSR count). The minimum atomic E-state index is -0.815. The summed E-state index contributed by atoms with van der Waals surface area (Å²) in [5.74, 6) is -1.40. The molecular formula is C24H26N2O5. The van der Waals surface area contributed by atoms with Crippen LogP contribution in [0.2, 0.25) is 0 Å². The molecule has 31 heavy (non-hydrogen) atoms. The summed E-state index contributed by atoms with van der Waals surface area (Å²) in [6, 6.07) is 15.9. The van der Waals surface area contributed by atoms with Gasteiger partial charge in [0.2, 0.25) is 5.91 Å². The second-order valence-corrected chi connectivity index (χ2v) is 8.32. The van der Waals surface area contributed by atoms with Crippen LogP contribution < -0.4 is 10.6 Å². The molecule has 7 nitrogen and oxygen atoms in total. The van der Waals surface area contributed by atoms with E-state index in [1.54, 1.807) is 6.92 Å². The third-order valence-corrected chi connectivity index (χ3v) is 6.00. The van der Waals surface area contributed by atoms with E-state index in [9.17, 15) is 14.4 Å². The highest BCUT2D eigenvalue weighted by Crippen LogP contribution is 2.44. The van der Waals surface area contributed by atoms with Crippen LogP contribution in [0.25, 0.3) is 11.1 Å². The van der Waals surface area contributed by atoms with Gasteiger partial charge in [-0.05, 0) is 41.5 Å². The SMILES string of the molecule is CC(CC(=O)NC[C@@H]1C[C@@H]1C(=O)O)NC(=O)OCC1c2ccccc2-c2ccccc21.